The average molecular weight is 362 g/mol. The van der Waals surface area contributed by atoms with Crippen LogP contribution in [0.1, 0.15) is 5.56 Å². The van der Waals surface area contributed by atoms with Crippen molar-refractivity contribution < 1.29 is 22.9 Å². The average Bonchev–Trinajstić information content (AvgIpc) is 2.59. The predicted molar refractivity (Wildman–Crippen MR) is 90.4 cm³/mol. The number of sulfone groups is 1. The molecular formula is C16H14N2O6S. The van der Waals surface area contributed by atoms with Crippen molar-refractivity contribution in [2.75, 3.05) is 7.11 Å². The van der Waals surface area contributed by atoms with Crippen molar-refractivity contribution >= 4 is 27.5 Å². The fraction of sp³-hybridized carbons (Fsp3) is 0.0625. The second-order valence-corrected chi connectivity index (χ2v) is 6.82. The van der Waals surface area contributed by atoms with E-state index in [0.29, 0.717) is 5.75 Å². The molecule has 2 aromatic rings. The lowest BCUT2D eigenvalue weighted by atomic mass is 10.2. The first-order chi connectivity index (χ1) is 11.8. The van der Waals surface area contributed by atoms with Crippen LogP contribution in [0, 0.1) is 10.1 Å². The third-order valence-corrected chi connectivity index (χ3v) is 5.09. The van der Waals surface area contributed by atoms with E-state index >= 15 is 0 Å². The lowest BCUT2D eigenvalue weighted by molar-refractivity contribution is -0.384. The summed E-state index contributed by atoms with van der Waals surface area (Å²) >= 11 is 0. The predicted octanol–water partition coefficient (Wildman–Crippen LogP) is 1.90. The van der Waals surface area contributed by atoms with Gasteiger partial charge in [0.15, 0.2) is 0 Å². The fourth-order valence-corrected chi connectivity index (χ4v) is 3.31. The fourth-order valence-electron chi connectivity index (χ4n) is 2.01. The molecule has 0 fully saturated rings. The maximum atomic E-state index is 12.6. The van der Waals surface area contributed by atoms with Gasteiger partial charge in [-0.2, -0.15) is 0 Å². The van der Waals surface area contributed by atoms with Crippen molar-refractivity contribution in [3.63, 3.8) is 0 Å². The molecule has 0 aliphatic heterocycles. The Morgan fingerprint density at radius 3 is 2.12 bits per heavy atom. The number of ether oxygens (including phenoxy) is 1. The van der Waals surface area contributed by atoms with Gasteiger partial charge in [-0.3, -0.25) is 14.9 Å². The number of carbonyl (C=O) groups is 1. The van der Waals surface area contributed by atoms with Gasteiger partial charge in [0.1, 0.15) is 10.7 Å². The van der Waals surface area contributed by atoms with Crippen LogP contribution in [0.15, 0.2) is 58.3 Å². The highest BCUT2D eigenvalue weighted by Gasteiger charge is 2.25. The summed E-state index contributed by atoms with van der Waals surface area (Å²) in [6, 6.07) is 10.5. The topological polar surface area (TPSA) is 130 Å². The molecule has 2 aromatic carbocycles. The van der Waals surface area contributed by atoms with Gasteiger partial charge in [-0.1, -0.05) is 0 Å². The molecule has 0 radical (unpaired) electrons. The smallest absolute Gasteiger partial charge is 0.269 e. The molecule has 0 atom stereocenters. The molecule has 0 unspecified atom stereocenters. The molecule has 0 heterocycles. The Hall–Kier alpha value is -3.20. The van der Waals surface area contributed by atoms with Crippen molar-refractivity contribution in [2.45, 2.75) is 4.90 Å². The van der Waals surface area contributed by atoms with Crippen LogP contribution in [0.5, 0.6) is 5.75 Å². The Balaban J connectivity index is 2.48. The summed E-state index contributed by atoms with van der Waals surface area (Å²) in [5.41, 5.74) is 5.35. The van der Waals surface area contributed by atoms with Gasteiger partial charge in [0, 0.05) is 12.1 Å². The van der Waals surface area contributed by atoms with E-state index in [0.717, 1.165) is 6.08 Å². The minimum Gasteiger partial charge on any atom is -0.497 e. The van der Waals surface area contributed by atoms with Crippen LogP contribution in [0.25, 0.3) is 6.08 Å². The number of hydrogen-bond acceptors (Lipinski definition) is 6. The van der Waals surface area contributed by atoms with Gasteiger partial charge in [-0.15, -0.1) is 0 Å². The largest absolute Gasteiger partial charge is 0.497 e. The highest BCUT2D eigenvalue weighted by Crippen LogP contribution is 2.24. The number of non-ortho nitro benzene ring substituents is 1. The molecule has 0 saturated carbocycles. The second kappa shape index (κ2) is 7.14. The molecule has 9 heteroatoms. The van der Waals surface area contributed by atoms with Crippen LogP contribution in [-0.4, -0.2) is 26.4 Å². The first kappa shape index (κ1) is 18.1. The standard InChI is InChI=1S/C16H14N2O6S/c1-24-13-6-8-14(9-7-13)25(22,23)15(16(17)19)10-11-2-4-12(5-3-11)18(20)21/h2-10H,1H3,(H2,17,19). The van der Waals surface area contributed by atoms with Crippen molar-refractivity contribution in [1.82, 2.24) is 0 Å². The number of rotatable bonds is 6. The third-order valence-electron chi connectivity index (χ3n) is 3.30. The van der Waals surface area contributed by atoms with E-state index in [1.54, 1.807) is 0 Å². The lowest BCUT2D eigenvalue weighted by Gasteiger charge is -2.07. The van der Waals surface area contributed by atoms with Gasteiger partial charge >= 0.3 is 0 Å². The summed E-state index contributed by atoms with van der Waals surface area (Å²) in [4.78, 5) is 21.0. The summed E-state index contributed by atoms with van der Waals surface area (Å²) < 4.78 is 30.2. The molecular weight excluding hydrogens is 348 g/mol. The van der Waals surface area contributed by atoms with Crippen molar-refractivity contribution in [3.8, 4) is 5.75 Å². The van der Waals surface area contributed by atoms with Crippen LogP contribution in [0.3, 0.4) is 0 Å². The van der Waals surface area contributed by atoms with E-state index in [4.69, 9.17) is 10.5 Å². The van der Waals surface area contributed by atoms with Crippen molar-refractivity contribution in [3.05, 3.63) is 69.1 Å². The Kier molecular flexibility index (Phi) is 5.18. The number of methoxy groups -OCH3 is 1. The van der Waals surface area contributed by atoms with Crippen molar-refractivity contribution in [1.29, 1.82) is 0 Å². The van der Waals surface area contributed by atoms with E-state index in [2.05, 4.69) is 0 Å². The normalized spacial score (nSPS) is 11.8. The molecule has 2 N–H and O–H groups in total. The number of hydrogen-bond donors (Lipinski definition) is 1. The van der Waals surface area contributed by atoms with Gasteiger partial charge < -0.3 is 10.5 Å². The number of benzene rings is 2. The maximum absolute atomic E-state index is 12.6. The van der Waals surface area contributed by atoms with E-state index in [1.807, 2.05) is 0 Å². The lowest BCUT2D eigenvalue weighted by Crippen LogP contribution is -2.21. The van der Waals surface area contributed by atoms with Crippen LogP contribution < -0.4 is 10.5 Å². The SMILES string of the molecule is COc1ccc(S(=O)(=O)C(=Cc2ccc([N+](=O)[O-])cc2)C(N)=O)cc1. The summed E-state index contributed by atoms with van der Waals surface area (Å²) in [7, 11) is -2.72. The Morgan fingerprint density at radius 1 is 1.12 bits per heavy atom. The molecule has 0 aliphatic rings. The Bertz CT molecular complexity index is 932. The number of nitro groups is 1. The molecule has 1 amide bonds. The highest BCUT2D eigenvalue weighted by atomic mass is 32.2. The molecule has 0 bridgehead atoms. The Labute approximate surface area is 143 Å². The molecule has 0 aliphatic carbocycles. The molecule has 8 nitrogen and oxygen atoms in total. The number of nitro benzene ring substituents is 1. The van der Waals surface area contributed by atoms with Crippen LogP contribution in [0.2, 0.25) is 0 Å². The van der Waals surface area contributed by atoms with Crippen molar-refractivity contribution in [2.24, 2.45) is 5.73 Å². The van der Waals surface area contributed by atoms with Crippen LogP contribution >= 0.6 is 0 Å². The number of primary amides is 1. The maximum Gasteiger partial charge on any atom is 0.269 e. The third kappa shape index (κ3) is 4.01. The zero-order valence-corrected chi connectivity index (χ0v) is 13.9. The molecule has 25 heavy (non-hydrogen) atoms. The van der Waals surface area contributed by atoms with Gasteiger partial charge in [0.2, 0.25) is 9.84 Å². The zero-order chi connectivity index (χ0) is 18.6. The summed E-state index contributed by atoms with van der Waals surface area (Å²) in [6.07, 6.45) is 1.08. The summed E-state index contributed by atoms with van der Waals surface area (Å²) in [5, 5.41) is 10.6. The number of nitrogens with two attached hydrogens (primary N) is 1. The molecule has 130 valence electrons. The minimum absolute atomic E-state index is 0.125. The first-order valence-electron chi connectivity index (χ1n) is 6.91. The van der Waals surface area contributed by atoms with Gasteiger partial charge in [0.25, 0.3) is 11.6 Å². The number of carbonyl (C=O) groups excluding carboxylic acids is 1. The highest BCUT2D eigenvalue weighted by molar-refractivity contribution is 7.96. The number of nitrogens with zero attached hydrogens (tertiary/aromatic N) is 1. The zero-order valence-electron chi connectivity index (χ0n) is 13.1. The second-order valence-electron chi connectivity index (χ2n) is 4.90. The molecule has 2 rings (SSSR count). The summed E-state index contributed by atoms with van der Waals surface area (Å²) in [6.45, 7) is 0. The van der Waals surface area contributed by atoms with Gasteiger partial charge in [-0.05, 0) is 48.0 Å². The molecule has 0 saturated heterocycles. The van der Waals surface area contributed by atoms with Crippen LogP contribution in [-0.2, 0) is 14.6 Å². The summed E-state index contributed by atoms with van der Waals surface area (Å²) in [5.74, 6) is -0.673. The molecule has 0 aromatic heterocycles. The number of amides is 1. The van der Waals surface area contributed by atoms with Gasteiger partial charge in [0.05, 0.1) is 16.9 Å². The first-order valence-corrected chi connectivity index (χ1v) is 8.39. The monoisotopic (exact) mass is 362 g/mol. The Morgan fingerprint density at radius 2 is 1.68 bits per heavy atom. The van der Waals surface area contributed by atoms with Crippen LogP contribution in [0.4, 0.5) is 5.69 Å². The van der Waals surface area contributed by atoms with E-state index < -0.39 is 25.6 Å². The van der Waals surface area contributed by atoms with Gasteiger partial charge in [-0.25, -0.2) is 8.42 Å². The van der Waals surface area contributed by atoms with E-state index in [-0.39, 0.29) is 16.1 Å². The quantitative estimate of drug-likeness (QED) is 0.474. The minimum atomic E-state index is -4.15. The van der Waals surface area contributed by atoms with E-state index in [1.165, 1.54) is 55.6 Å². The molecule has 0 spiro atoms. The van der Waals surface area contributed by atoms with E-state index in [9.17, 15) is 23.3 Å².